The molecule has 5 heteroatoms. The summed E-state index contributed by atoms with van der Waals surface area (Å²) in [5.74, 6) is -4.65. The number of amides is 1. The first-order chi connectivity index (χ1) is 8.59. The van der Waals surface area contributed by atoms with Gasteiger partial charge in [-0.2, -0.15) is 0 Å². The van der Waals surface area contributed by atoms with Crippen LogP contribution in [0.1, 0.15) is 29.6 Å². The summed E-state index contributed by atoms with van der Waals surface area (Å²) in [5.41, 5.74) is -0.857. The lowest BCUT2D eigenvalue weighted by Crippen LogP contribution is -2.36. The molecule has 1 unspecified atom stereocenters. The van der Waals surface area contributed by atoms with E-state index in [1.165, 1.54) is 0 Å². The summed E-state index contributed by atoms with van der Waals surface area (Å²) in [6, 6.07) is 1.24. The molecule has 0 heterocycles. The molecule has 1 aliphatic rings. The van der Waals surface area contributed by atoms with E-state index in [0.29, 0.717) is 18.9 Å². The van der Waals surface area contributed by atoms with Gasteiger partial charge in [-0.15, -0.1) is 0 Å². The van der Waals surface area contributed by atoms with Gasteiger partial charge in [0.15, 0.2) is 11.6 Å². The molecule has 1 amide bonds. The Kier molecular flexibility index (Phi) is 3.69. The van der Waals surface area contributed by atoms with Crippen LogP contribution in [0.15, 0.2) is 24.3 Å². The minimum atomic E-state index is -1.45. The summed E-state index contributed by atoms with van der Waals surface area (Å²) in [6.45, 7) is 0. The zero-order valence-electron chi connectivity index (χ0n) is 9.55. The van der Waals surface area contributed by atoms with Crippen LogP contribution >= 0.6 is 0 Å². The van der Waals surface area contributed by atoms with E-state index in [9.17, 15) is 18.0 Å². The molecule has 0 fully saturated rings. The molecule has 1 aromatic carbocycles. The van der Waals surface area contributed by atoms with E-state index in [2.05, 4.69) is 5.32 Å². The lowest BCUT2D eigenvalue weighted by molar-refractivity contribution is 0.0925. The van der Waals surface area contributed by atoms with Crippen LogP contribution in [0.3, 0.4) is 0 Å². The Morgan fingerprint density at radius 3 is 2.56 bits per heavy atom. The Labute approximate surface area is 102 Å². The van der Waals surface area contributed by atoms with Crippen molar-refractivity contribution in [3.63, 3.8) is 0 Å². The summed E-state index contributed by atoms with van der Waals surface area (Å²) in [4.78, 5) is 11.7. The van der Waals surface area contributed by atoms with Gasteiger partial charge in [0.1, 0.15) is 11.4 Å². The lowest BCUT2D eigenvalue weighted by Gasteiger charge is -2.19. The van der Waals surface area contributed by atoms with Gasteiger partial charge in [-0.3, -0.25) is 4.79 Å². The third-order valence-corrected chi connectivity index (χ3v) is 2.88. The summed E-state index contributed by atoms with van der Waals surface area (Å²) >= 11 is 0. The fourth-order valence-corrected chi connectivity index (χ4v) is 1.92. The molecule has 0 bridgehead atoms. The smallest absolute Gasteiger partial charge is 0.257 e. The van der Waals surface area contributed by atoms with Crippen molar-refractivity contribution in [2.75, 3.05) is 0 Å². The van der Waals surface area contributed by atoms with Gasteiger partial charge in [0.2, 0.25) is 0 Å². The number of rotatable bonds is 2. The van der Waals surface area contributed by atoms with E-state index >= 15 is 0 Å². The fraction of sp³-hybridized carbons (Fsp3) is 0.308. The van der Waals surface area contributed by atoms with Gasteiger partial charge in [0, 0.05) is 6.04 Å². The standard InChI is InChI=1S/C13H12F3NO/c14-9-6-7-10(15)12(16)11(9)13(18)17-8-4-2-1-3-5-8/h1-2,6-8H,3-5H2,(H,17,18). The van der Waals surface area contributed by atoms with Crippen molar-refractivity contribution in [3.8, 4) is 0 Å². The average Bonchev–Trinajstić information content (AvgIpc) is 2.36. The number of nitrogens with one attached hydrogen (secondary N) is 1. The first-order valence-corrected chi connectivity index (χ1v) is 5.69. The highest BCUT2D eigenvalue weighted by molar-refractivity contribution is 5.95. The van der Waals surface area contributed by atoms with Gasteiger partial charge in [-0.05, 0) is 31.4 Å². The topological polar surface area (TPSA) is 29.1 Å². The van der Waals surface area contributed by atoms with Crippen LogP contribution in [-0.4, -0.2) is 11.9 Å². The second-order valence-electron chi connectivity index (χ2n) is 4.17. The van der Waals surface area contributed by atoms with E-state index in [-0.39, 0.29) is 6.04 Å². The van der Waals surface area contributed by atoms with Gasteiger partial charge in [0.25, 0.3) is 5.91 Å². The van der Waals surface area contributed by atoms with Gasteiger partial charge >= 0.3 is 0 Å². The molecular weight excluding hydrogens is 243 g/mol. The Morgan fingerprint density at radius 2 is 1.89 bits per heavy atom. The SMILES string of the molecule is O=C(NC1CC=CCC1)c1c(F)ccc(F)c1F. The molecule has 2 nitrogen and oxygen atoms in total. The Morgan fingerprint density at radius 1 is 1.17 bits per heavy atom. The van der Waals surface area contributed by atoms with Crippen molar-refractivity contribution in [2.24, 2.45) is 0 Å². The number of allylic oxidation sites excluding steroid dienone is 1. The van der Waals surface area contributed by atoms with Crippen LogP contribution in [0.25, 0.3) is 0 Å². The molecule has 2 rings (SSSR count). The second-order valence-corrected chi connectivity index (χ2v) is 4.17. The maximum Gasteiger partial charge on any atom is 0.257 e. The number of halogens is 3. The first kappa shape index (κ1) is 12.7. The van der Waals surface area contributed by atoms with E-state index < -0.39 is 28.9 Å². The Hall–Kier alpha value is -1.78. The van der Waals surface area contributed by atoms with Gasteiger partial charge < -0.3 is 5.32 Å². The molecule has 1 atom stereocenters. The van der Waals surface area contributed by atoms with Crippen molar-refractivity contribution in [1.29, 1.82) is 0 Å². The molecule has 0 aromatic heterocycles. The summed E-state index contributed by atoms with van der Waals surface area (Å²) in [7, 11) is 0. The lowest BCUT2D eigenvalue weighted by atomic mass is 10.0. The number of hydrogen-bond donors (Lipinski definition) is 1. The first-order valence-electron chi connectivity index (χ1n) is 5.69. The number of carbonyl (C=O) groups excluding carboxylic acids is 1. The summed E-state index contributed by atoms with van der Waals surface area (Å²) < 4.78 is 39.7. The summed E-state index contributed by atoms with van der Waals surface area (Å²) in [5, 5.41) is 2.51. The fourth-order valence-electron chi connectivity index (χ4n) is 1.92. The van der Waals surface area contributed by atoms with Crippen molar-refractivity contribution >= 4 is 5.91 Å². The predicted octanol–water partition coefficient (Wildman–Crippen LogP) is 2.94. The van der Waals surface area contributed by atoms with E-state index in [1.54, 1.807) is 0 Å². The van der Waals surface area contributed by atoms with Crippen LogP contribution in [-0.2, 0) is 0 Å². The summed E-state index contributed by atoms with van der Waals surface area (Å²) in [6.07, 6.45) is 6.00. The maximum absolute atomic E-state index is 13.4. The highest BCUT2D eigenvalue weighted by Crippen LogP contribution is 2.17. The molecule has 18 heavy (non-hydrogen) atoms. The van der Waals surface area contributed by atoms with Gasteiger partial charge in [-0.1, -0.05) is 12.2 Å². The van der Waals surface area contributed by atoms with Crippen LogP contribution in [0, 0.1) is 17.5 Å². The largest absolute Gasteiger partial charge is 0.349 e. The Bertz CT molecular complexity index is 499. The molecule has 96 valence electrons. The third kappa shape index (κ3) is 2.55. The van der Waals surface area contributed by atoms with E-state index in [0.717, 1.165) is 12.5 Å². The maximum atomic E-state index is 13.4. The quantitative estimate of drug-likeness (QED) is 0.639. The third-order valence-electron chi connectivity index (χ3n) is 2.88. The number of hydrogen-bond acceptors (Lipinski definition) is 1. The average molecular weight is 255 g/mol. The minimum absolute atomic E-state index is 0.162. The zero-order valence-corrected chi connectivity index (χ0v) is 9.55. The monoisotopic (exact) mass is 255 g/mol. The molecular formula is C13H12F3NO. The highest BCUT2D eigenvalue weighted by atomic mass is 19.2. The second kappa shape index (κ2) is 5.25. The van der Waals surface area contributed by atoms with Crippen LogP contribution in [0.4, 0.5) is 13.2 Å². The van der Waals surface area contributed by atoms with Gasteiger partial charge in [0.05, 0.1) is 0 Å². The highest BCUT2D eigenvalue weighted by Gasteiger charge is 2.23. The van der Waals surface area contributed by atoms with Crippen molar-refractivity contribution in [2.45, 2.75) is 25.3 Å². The zero-order chi connectivity index (χ0) is 13.1. The molecule has 1 aromatic rings. The van der Waals surface area contributed by atoms with E-state index in [1.807, 2.05) is 12.2 Å². The number of carbonyl (C=O) groups is 1. The molecule has 0 saturated heterocycles. The minimum Gasteiger partial charge on any atom is -0.349 e. The number of benzene rings is 1. The molecule has 0 saturated carbocycles. The molecule has 0 spiro atoms. The molecule has 0 radical (unpaired) electrons. The van der Waals surface area contributed by atoms with Crippen LogP contribution in [0.2, 0.25) is 0 Å². The van der Waals surface area contributed by atoms with Crippen molar-refractivity contribution in [3.05, 3.63) is 47.3 Å². The molecule has 1 aliphatic carbocycles. The Balaban J connectivity index is 2.18. The van der Waals surface area contributed by atoms with Crippen molar-refractivity contribution < 1.29 is 18.0 Å². The molecule has 0 aliphatic heterocycles. The predicted molar refractivity (Wildman–Crippen MR) is 60.6 cm³/mol. The van der Waals surface area contributed by atoms with Gasteiger partial charge in [-0.25, -0.2) is 13.2 Å². The normalized spacial score (nSPS) is 18.7. The van der Waals surface area contributed by atoms with E-state index in [4.69, 9.17) is 0 Å². The van der Waals surface area contributed by atoms with Crippen LogP contribution < -0.4 is 5.32 Å². The van der Waals surface area contributed by atoms with Crippen LogP contribution in [0.5, 0.6) is 0 Å². The van der Waals surface area contributed by atoms with Crippen molar-refractivity contribution in [1.82, 2.24) is 5.32 Å². The molecule has 1 N–H and O–H groups in total.